The van der Waals surface area contributed by atoms with E-state index >= 15 is 0 Å². The van der Waals surface area contributed by atoms with Gasteiger partial charge in [0, 0.05) is 16.0 Å². The van der Waals surface area contributed by atoms with Crippen LogP contribution in [0.3, 0.4) is 0 Å². The molecule has 64 valence electrons. The van der Waals surface area contributed by atoms with Gasteiger partial charge in [0.15, 0.2) is 0 Å². The third kappa shape index (κ3) is 2.32. The monoisotopic (exact) mass is 199 g/mol. The minimum absolute atomic E-state index is 0.788. The molecule has 0 heterocycles. The van der Waals surface area contributed by atoms with Gasteiger partial charge in [0.1, 0.15) is 0 Å². The van der Waals surface area contributed by atoms with Crippen LogP contribution in [-0.2, 0) is 0 Å². The lowest BCUT2D eigenvalue weighted by Gasteiger charge is -2.03. The summed E-state index contributed by atoms with van der Waals surface area (Å²) in [4.78, 5) is 0. The lowest BCUT2D eigenvalue weighted by atomic mass is 10.3. The Kier molecular flexibility index (Phi) is 2.47. The van der Waals surface area contributed by atoms with E-state index in [0.29, 0.717) is 0 Å². The summed E-state index contributed by atoms with van der Waals surface area (Å²) < 4.78 is 3.28. The molecule has 0 aliphatic heterocycles. The minimum atomic E-state index is 0.788. The quantitative estimate of drug-likeness (QED) is 0.748. The maximum atomic E-state index is 5.83. The van der Waals surface area contributed by atoms with Gasteiger partial charge in [0.2, 0.25) is 0 Å². The Bertz CT molecular complexity index is 273. The van der Waals surface area contributed by atoms with Crippen LogP contribution in [0.25, 0.3) is 0 Å². The Balaban J connectivity index is 1.92. The first-order valence-electron chi connectivity index (χ1n) is 4.02. The van der Waals surface area contributed by atoms with E-state index in [1.54, 1.807) is 11.9 Å². The first-order chi connectivity index (χ1) is 5.84. The highest BCUT2D eigenvalue weighted by molar-refractivity contribution is 8.01. The van der Waals surface area contributed by atoms with Crippen molar-refractivity contribution in [2.45, 2.75) is 18.1 Å². The summed E-state index contributed by atoms with van der Waals surface area (Å²) in [5.41, 5.74) is 1.10. The van der Waals surface area contributed by atoms with Gasteiger partial charge in [-0.05, 0) is 43.0 Å². The lowest BCUT2D eigenvalue weighted by Crippen LogP contribution is -1.87. The standard InChI is InChI=1S/C9H10ClNS/c10-7-2-1-3-8(6-7)11-12-9-4-5-9/h1-3,6,9,11H,4-5H2. The number of benzene rings is 1. The minimum Gasteiger partial charge on any atom is -0.329 e. The van der Waals surface area contributed by atoms with E-state index in [1.807, 2.05) is 24.3 Å². The highest BCUT2D eigenvalue weighted by atomic mass is 35.5. The summed E-state index contributed by atoms with van der Waals surface area (Å²) >= 11 is 7.62. The van der Waals surface area contributed by atoms with Crippen LogP contribution in [0.1, 0.15) is 12.8 Å². The number of nitrogens with one attached hydrogen (secondary N) is 1. The summed E-state index contributed by atoms with van der Waals surface area (Å²) in [5.74, 6) is 0. The van der Waals surface area contributed by atoms with Gasteiger partial charge in [0.25, 0.3) is 0 Å². The van der Waals surface area contributed by atoms with Crippen LogP contribution in [0.2, 0.25) is 5.02 Å². The van der Waals surface area contributed by atoms with Gasteiger partial charge in [-0.1, -0.05) is 17.7 Å². The molecule has 0 spiro atoms. The first-order valence-corrected chi connectivity index (χ1v) is 5.27. The van der Waals surface area contributed by atoms with Crippen molar-refractivity contribution in [3.8, 4) is 0 Å². The van der Waals surface area contributed by atoms with Crippen molar-refractivity contribution in [3.05, 3.63) is 29.3 Å². The van der Waals surface area contributed by atoms with Crippen molar-refractivity contribution in [1.82, 2.24) is 0 Å². The number of hydrogen-bond donors (Lipinski definition) is 1. The van der Waals surface area contributed by atoms with Crippen molar-refractivity contribution < 1.29 is 0 Å². The van der Waals surface area contributed by atoms with Crippen molar-refractivity contribution in [2.24, 2.45) is 0 Å². The van der Waals surface area contributed by atoms with Crippen LogP contribution in [0.5, 0.6) is 0 Å². The van der Waals surface area contributed by atoms with Gasteiger partial charge in [-0.2, -0.15) is 0 Å². The first kappa shape index (κ1) is 8.27. The summed E-state index contributed by atoms with van der Waals surface area (Å²) in [6.07, 6.45) is 2.69. The summed E-state index contributed by atoms with van der Waals surface area (Å²) in [6, 6.07) is 7.81. The second-order valence-corrected chi connectivity index (χ2v) is 4.47. The van der Waals surface area contributed by atoms with Gasteiger partial charge >= 0.3 is 0 Å². The molecular weight excluding hydrogens is 190 g/mol. The predicted octanol–water partition coefficient (Wildman–Crippen LogP) is 3.56. The Morgan fingerprint density at radius 2 is 2.25 bits per heavy atom. The average Bonchev–Trinajstić information content (AvgIpc) is 2.84. The predicted molar refractivity (Wildman–Crippen MR) is 55.7 cm³/mol. The highest BCUT2D eigenvalue weighted by Crippen LogP contribution is 2.34. The Labute approximate surface area is 81.6 Å². The van der Waals surface area contributed by atoms with Crippen molar-refractivity contribution in [1.29, 1.82) is 0 Å². The molecule has 3 heteroatoms. The lowest BCUT2D eigenvalue weighted by molar-refractivity contribution is 1.50. The molecule has 0 amide bonds. The number of hydrogen-bond acceptors (Lipinski definition) is 2. The molecule has 12 heavy (non-hydrogen) atoms. The Morgan fingerprint density at radius 1 is 1.42 bits per heavy atom. The highest BCUT2D eigenvalue weighted by Gasteiger charge is 2.21. The molecule has 0 unspecified atom stereocenters. The van der Waals surface area contributed by atoms with Crippen molar-refractivity contribution >= 4 is 29.2 Å². The van der Waals surface area contributed by atoms with Gasteiger partial charge in [-0.3, -0.25) is 0 Å². The van der Waals surface area contributed by atoms with Gasteiger partial charge in [0.05, 0.1) is 0 Å². The summed E-state index contributed by atoms with van der Waals surface area (Å²) in [7, 11) is 0. The van der Waals surface area contributed by atoms with Gasteiger partial charge in [-0.15, -0.1) is 0 Å². The SMILES string of the molecule is Clc1cccc(NSC2CC2)c1. The third-order valence-electron chi connectivity index (χ3n) is 1.69. The second-order valence-electron chi connectivity index (χ2n) is 2.93. The topological polar surface area (TPSA) is 12.0 Å². The zero-order chi connectivity index (χ0) is 8.39. The Hall–Kier alpha value is -0.340. The fourth-order valence-electron chi connectivity index (χ4n) is 0.889. The zero-order valence-electron chi connectivity index (χ0n) is 6.59. The molecule has 1 fully saturated rings. The fraction of sp³-hybridized carbons (Fsp3) is 0.333. The van der Waals surface area contributed by atoms with E-state index in [4.69, 9.17) is 11.6 Å². The fourth-order valence-corrected chi connectivity index (χ4v) is 1.88. The zero-order valence-corrected chi connectivity index (χ0v) is 8.16. The number of halogens is 1. The van der Waals surface area contributed by atoms with E-state index in [9.17, 15) is 0 Å². The van der Waals surface area contributed by atoms with Crippen molar-refractivity contribution in [3.63, 3.8) is 0 Å². The second kappa shape index (κ2) is 3.58. The van der Waals surface area contributed by atoms with Crippen LogP contribution in [-0.4, -0.2) is 5.25 Å². The molecule has 0 atom stereocenters. The largest absolute Gasteiger partial charge is 0.329 e. The molecule has 0 radical (unpaired) electrons. The van der Waals surface area contributed by atoms with Crippen LogP contribution in [0, 0.1) is 0 Å². The Morgan fingerprint density at radius 3 is 2.92 bits per heavy atom. The van der Waals surface area contributed by atoms with E-state index < -0.39 is 0 Å². The molecular formula is C9H10ClNS. The normalized spacial score (nSPS) is 16.1. The smallest absolute Gasteiger partial charge is 0.0454 e. The summed E-state index contributed by atoms with van der Waals surface area (Å²) in [5, 5.41) is 1.61. The molecule has 1 nitrogen and oxygen atoms in total. The molecule has 1 aromatic rings. The maximum Gasteiger partial charge on any atom is 0.0454 e. The van der Waals surface area contributed by atoms with Crippen molar-refractivity contribution in [2.75, 3.05) is 4.72 Å². The molecule has 0 aromatic heterocycles. The molecule has 0 bridgehead atoms. The molecule has 1 aromatic carbocycles. The van der Waals surface area contributed by atoms with Gasteiger partial charge < -0.3 is 4.72 Å². The molecule has 2 rings (SSSR count). The molecule has 1 saturated carbocycles. The molecule has 1 aliphatic rings. The van der Waals surface area contributed by atoms with Crippen LogP contribution >= 0.6 is 23.5 Å². The third-order valence-corrected chi connectivity index (χ3v) is 3.09. The molecule has 1 N–H and O–H groups in total. The van der Waals surface area contributed by atoms with E-state index in [0.717, 1.165) is 16.0 Å². The van der Waals surface area contributed by atoms with Crippen LogP contribution < -0.4 is 4.72 Å². The van der Waals surface area contributed by atoms with E-state index in [2.05, 4.69) is 4.72 Å². The van der Waals surface area contributed by atoms with Crippen LogP contribution in [0.4, 0.5) is 5.69 Å². The van der Waals surface area contributed by atoms with Gasteiger partial charge in [-0.25, -0.2) is 0 Å². The van der Waals surface area contributed by atoms with E-state index in [-0.39, 0.29) is 0 Å². The maximum absolute atomic E-state index is 5.83. The average molecular weight is 200 g/mol. The summed E-state index contributed by atoms with van der Waals surface area (Å²) in [6.45, 7) is 0. The van der Waals surface area contributed by atoms with Crippen LogP contribution in [0.15, 0.2) is 24.3 Å². The molecule has 0 saturated heterocycles. The number of rotatable bonds is 3. The van der Waals surface area contributed by atoms with E-state index in [1.165, 1.54) is 12.8 Å². The number of anilines is 1. The molecule has 1 aliphatic carbocycles.